The number of esters is 1. The molecule has 0 bridgehead atoms. The number of benzene rings is 1. The summed E-state index contributed by atoms with van der Waals surface area (Å²) in [5.41, 5.74) is -5.32. The predicted octanol–water partition coefficient (Wildman–Crippen LogP) is 5.64. The van der Waals surface area contributed by atoms with Gasteiger partial charge < -0.3 is 9.64 Å². The van der Waals surface area contributed by atoms with Crippen LogP contribution in [0.4, 0.5) is 32.2 Å². The van der Waals surface area contributed by atoms with Crippen molar-refractivity contribution >= 4 is 41.3 Å². The number of ether oxygens (including phenoxy) is 1. The normalized spacial score (nSPS) is 15.7. The zero-order valence-electron chi connectivity index (χ0n) is 17.3. The van der Waals surface area contributed by atoms with Gasteiger partial charge in [0, 0.05) is 19.7 Å². The van der Waals surface area contributed by atoms with E-state index < -0.39 is 62.1 Å². The number of carbonyl (C=O) groups excluding carboxylic acids is 1. The molecule has 0 amide bonds. The second-order valence-electron chi connectivity index (χ2n) is 7.52. The lowest BCUT2D eigenvalue weighted by Crippen LogP contribution is -2.25. The van der Waals surface area contributed by atoms with Crippen LogP contribution in [0.3, 0.4) is 0 Å². The van der Waals surface area contributed by atoms with Crippen molar-refractivity contribution in [1.29, 1.82) is 0 Å². The second kappa shape index (κ2) is 8.39. The summed E-state index contributed by atoms with van der Waals surface area (Å²) < 4.78 is 86.7. The molecule has 1 aromatic heterocycles. The highest BCUT2D eigenvalue weighted by Gasteiger charge is 2.59. The minimum Gasteiger partial charge on any atom is -0.468 e. The number of halogens is 8. The van der Waals surface area contributed by atoms with Crippen LogP contribution in [0.2, 0.25) is 10.0 Å². The predicted molar refractivity (Wildman–Crippen MR) is 108 cm³/mol. The van der Waals surface area contributed by atoms with E-state index in [4.69, 9.17) is 27.9 Å². The minimum atomic E-state index is -5.03. The molecule has 0 atom stereocenters. The molecular weight excluding hydrogens is 501 g/mol. The molecular formula is C19H16Cl2F6N4O2. The third-order valence-corrected chi connectivity index (χ3v) is 5.48. The molecule has 1 fully saturated rings. The van der Waals surface area contributed by atoms with Gasteiger partial charge in [-0.15, -0.1) is 0 Å². The summed E-state index contributed by atoms with van der Waals surface area (Å²) >= 11 is 12.1. The monoisotopic (exact) mass is 516 g/mol. The highest BCUT2D eigenvalue weighted by Crippen LogP contribution is 2.56. The number of methoxy groups -OCH3 is 1. The second-order valence-corrected chi connectivity index (χ2v) is 8.34. The first-order valence-corrected chi connectivity index (χ1v) is 9.95. The number of aromatic nitrogens is 2. The summed E-state index contributed by atoms with van der Waals surface area (Å²) in [5.74, 6) is -1.37. The third-order valence-electron chi connectivity index (χ3n) is 4.90. The zero-order valence-corrected chi connectivity index (χ0v) is 18.8. The van der Waals surface area contributed by atoms with Crippen LogP contribution in [0, 0.1) is 0 Å². The standard InChI is InChI=1S/C19H16Cl2F6N4O2/c1-30(2)8-28-15-12(17(4-5-17)16(32)33-3)14(19(25,26)27)29-31(15)13-10(20)6-9(7-11(13)21)18(22,23)24/h6-8H,4-5H2,1-3H3/b28-8+. The number of rotatable bonds is 5. The molecule has 0 saturated heterocycles. The van der Waals surface area contributed by atoms with Crippen molar-refractivity contribution in [2.24, 2.45) is 4.99 Å². The van der Waals surface area contributed by atoms with Gasteiger partial charge in [0.1, 0.15) is 5.69 Å². The Kier molecular flexibility index (Phi) is 6.40. The molecule has 0 N–H and O–H groups in total. The highest BCUT2D eigenvalue weighted by molar-refractivity contribution is 6.38. The Morgan fingerprint density at radius 2 is 1.70 bits per heavy atom. The molecule has 180 valence electrons. The van der Waals surface area contributed by atoms with E-state index in [-0.39, 0.29) is 12.8 Å². The Labute approximate surface area is 193 Å². The van der Waals surface area contributed by atoms with E-state index in [1.807, 2.05) is 0 Å². The quantitative estimate of drug-likeness (QED) is 0.223. The highest BCUT2D eigenvalue weighted by atomic mass is 35.5. The molecule has 33 heavy (non-hydrogen) atoms. The van der Waals surface area contributed by atoms with Crippen LogP contribution in [0.1, 0.15) is 29.7 Å². The van der Waals surface area contributed by atoms with Crippen molar-refractivity contribution in [3.05, 3.63) is 39.0 Å². The van der Waals surface area contributed by atoms with Crippen molar-refractivity contribution in [1.82, 2.24) is 14.7 Å². The first-order chi connectivity index (χ1) is 15.1. The smallest absolute Gasteiger partial charge is 0.435 e. The van der Waals surface area contributed by atoms with Gasteiger partial charge in [-0.25, -0.2) is 9.67 Å². The SMILES string of the molecule is COC(=O)C1(c2c(C(F)(F)F)nn(-c3c(Cl)cc(C(F)(F)F)cc3Cl)c2/N=C/N(C)C)CC1. The Bertz CT molecular complexity index is 1100. The van der Waals surface area contributed by atoms with Crippen molar-refractivity contribution < 1.29 is 35.9 Å². The van der Waals surface area contributed by atoms with Gasteiger partial charge in [-0.05, 0) is 25.0 Å². The van der Waals surface area contributed by atoms with E-state index in [0.717, 1.165) is 13.4 Å². The molecule has 0 unspecified atom stereocenters. The fourth-order valence-electron chi connectivity index (χ4n) is 3.30. The summed E-state index contributed by atoms with van der Waals surface area (Å²) in [6.07, 6.45) is -8.61. The van der Waals surface area contributed by atoms with Gasteiger partial charge in [0.25, 0.3) is 0 Å². The van der Waals surface area contributed by atoms with Crippen molar-refractivity contribution in [2.45, 2.75) is 30.6 Å². The van der Waals surface area contributed by atoms with Crippen LogP contribution in [0.15, 0.2) is 17.1 Å². The molecule has 1 saturated carbocycles. The van der Waals surface area contributed by atoms with Gasteiger partial charge in [0.05, 0.1) is 34.5 Å². The Hall–Kier alpha value is -2.47. The fraction of sp³-hybridized carbons (Fsp3) is 0.421. The van der Waals surface area contributed by atoms with Gasteiger partial charge in [-0.3, -0.25) is 4.79 Å². The summed E-state index contributed by atoms with van der Waals surface area (Å²) in [6.45, 7) is 0. The number of alkyl halides is 6. The number of hydrogen-bond acceptors (Lipinski definition) is 4. The molecule has 1 aliphatic carbocycles. The Balaban J connectivity index is 2.40. The lowest BCUT2D eigenvalue weighted by Gasteiger charge is -2.16. The Morgan fingerprint density at radius 1 is 1.15 bits per heavy atom. The topological polar surface area (TPSA) is 59.7 Å². The third kappa shape index (κ3) is 4.63. The molecule has 14 heteroatoms. The van der Waals surface area contributed by atoms with Crippen LogP contribution in [0.5, 0.6) is 0 Å². The lowest BCUT2D eigenvalue weighted by atomic mass is 9.95. The van der Waals surface area contributed by atoms with Gasteiger partial charge in [-0.2, -0.15) is 31.4 Å². The van der Waals surface area contributed by atoms with Gasteiger partial charge in [-0.1, -0.05) is 23.2 Å². The van der Waals surface area contributed by atoms with Crippen LogP contribution >= 0.6 is 23.2 Å². The number of nitrogens with zero attached hydrogens (tertiary/aromatic N) is 4. The zero-order chi connectivity index (χ0) is 24.9. The largest absolute Gasteiger partial charge is 0.468 e. The molecule has 0 aliphatic heterocycles. The lowest BCUT2D eigenvalue weighted by molar-refractivity contribution is -0.146. The van der Waals surface area contributed by atoms with Gasteiger partial charge in [0.15, 0.2) is 11.5 Å². The maximum Gasteiger partial charge on any atom is 0.435 e. The average Bonchev–Trinajstić information content (AvgIpc) is 3.39. The molecule has 2 aromatic rings. The van der Waals surface area contributed by atoms with Crippen molar-refractivity contribution in [3.8, 4) is 5.69 Å². The first kappa shape index (κ1) is 25.2. The molecule has 0 spiro atoms. The summed E-state index contributed by atoms with van der Waals surface area (Å²) in [5, 5.41) is 2.35. The van der Waals surface area contributed by atoms with Crippen LogP contribution in [-0.2, 0) is 27.3 Å². The first-order valence-electron chi connectivity index (χ1n) is 9.20. The maximum absolute atomic E-state index is 14.0. The van der Waals surface area contributed by atoms with Gasteiger partial charge >= 0.3 is 18.3 Å². The molecule has 1 heterocycles. The molecule has 6 nitrogen and oxygen atoms in total. The Morgan fingerprint density at radius 3 is 2.09 bits per heavy atom. The van der Waals surface area contributed by atoms with E-state index in [1.54, 1.807) is 14.1 Å². The number of aliphatic imine (C=N–C) groups is 1. The molecule has 1 aromatic carbocycles. The van der Waals surface area contributed by atoms with Gasteiger partial charge in [0.2, 0.25) is 0 Å². The van der Waals surface area contributed by atoms with Crippen molar-refractivity contribution in [3.63, 3.8) is 0 Å². The molecule has 0 radical (unpaired) electrons. The van der Waals surface area contributed by atoms with E-state index in [9.17, 15) is 31.1 Å². The van der Waals surface area contributed by atoms with Crippen LogP contribution in [-0.4, -0.2) is 48.2 Å². The van der Waals surface area contributed by atoms with E-state index in [1.165, 1.54) is 4.90 Å². The minimum absolute atomic E-state index is 0.0351. The molecule has 1 aliphatic rings. The van der Waals surface area contributed by atoms with E-state index >= 15 is 0 Å². The summed E-state index contributed by atoms with van der Waals surface area (Å²) in [6, 6.07) is 1.04. The van der Waals surface area contributed by atoms with Crippen LogP contribution in [0.25, 0.3) is 5.69 Å². The average molecular weight is 517 g/mol. The molecule has 3 rings (SSSR count). The summed E-state index contributed by atoms with van der Waals surface area (Å²) in [7, 11) is 4.12. The maximum atomic E-state index is 14.0. The fourth-order valence-corrected chi connectivity index (χ4v) is 3.95. The van der Waals surface area contributed by atoms with Crippen molar-refractivity contribution in [2.75, 3.05) is 21.2 Å². The van der Waals surface area contributed by atoms with Crippen LogP contribution < -0.4 is 0 Å². The summed E-state index contributed by atoms with van der Waals surface area (Å²) in [4.78, 5) is 17.9. The van der Waals surface area contributed by atoms with E-state index in [0.29, 0.717) is 16.8 Å². The number of hydrogen-bond donors (Lipinski definition) is 0. The van der Waals surface area contributed by atoms with E-state index in [2.05, 4.69) is 10.1 Å². The number of carbonyl (C=O) groups is 1.